The lowest BCUT2D eigenvalue weighted by Gasteiger charge is -2.51. The Kier molecular flexibility index (Phi) is 3.78. The maximum Gasteiger partial charge on any atom is 0.142 e. The quantitative estimate of drug-likeness (QED) is 0.927. The van der Waals surface area contributed by atoms with E-state index >= 15 is 0 Å². The van der Waals surface area contributed by atoms with Gasteiger partial charge < -0.3 is 5.32 Å². The summed E-state index contributed by atoms with van der Waals surface area (Å²) >= 11 is 0. The van der Waals surface area contributed by atoms with Gasteiger partial charge in [-0.1, -0.05) is 20.8 Å². The second kappa shape index (κ2) is 5.33. The smallest absolute Gasteiger partial charge is 0.142 e. The van der Waals surface area contributed by atoms with E-state index in [1.165, 1.54) is 12.8 Å². The minimum Gasteiger partial charge on any atom is -0.310 e. The minimum absolute atomic E-state index is 0.251. The molecule has 4 heteroatoms. The third-order valence-corrected chi connectivity index (χ3v) is 5.29. The van der Waals surface area contributed by atoms with Crippen LogP contribution in [-0.2, 0) is 6.54 Å². The molecule has 1 aromatic rings. The summed E-state index contributed by atoms with van der Waals surface area (Å²) in [5, 5.41) is 3.80. The van der Waals surface area contributed by atoms with E-state index in [0.29, 0.717) is 6.04 Å². The van der Waals surface area contributed by atoms with E-state index in [1.54, 1.807) is 0 Å². The minimum atomic E-state index is 0.251. The Morgan fingerprint density at radius 3 is 2.52 bits per heavy atom. The Morgan fingerprint density at radius 2 is 1.95 bits per heavy atom. The summed E-state index contributed by atoms with van der Waals surface area (Å²) in [6.07, 6.45) is 6.43. The molecule has 1 aromatic heterocycles. The molecule has 2 unspecified atom stereocenters. The van der Waals surface area contributed by atoms with Gasteiger partial charge in [-0.25, -0.2) is 9.97 Å². The fourth-order valence-corrected chi connectivity index (χ4v) is 3.45. The van der Waals surface area contributed by atoms with Crippen LogP contribution in [-0.4, -0.2) is 39.5 Å². The predicted molar refractivity (Wildman–Crippen MR) is 84.8 cm³/mol. The molecule has 2 atom stereocenters. The Morgan fingerprint density at radius 1 is 1.29 bits per heavy atom. The zero-order chi connectivity index (χ0) is 15.1. The van der Waals surface area contributed by atoms with Gasteiger partial charge in [-0.15, -0.1) is 0 Å². The van der Waals surface area contributed by atoms with Gasteiger partial charge >= 0.3 is 0 Å². The zero-order valence-corrected chi connectivity index (χ0v) is 13.8. The van der Waals surface area contributed by atoms with Gasteiger partial charge in [0.25, 0.3) is 0 Å². The molecule has 1 saturated heterocycles. The molecule has 116 valence electrons. The summed E-state index contributed by atoms with van der Waals surface area (Å²) in [5.74, 6) is 1.77. The lowest BCUT2D eigenvalue weighted by Crippen LogP contribution is -2.66. The highest BCUT2D eigenvalue weighted by atomic mass is 15.3. The molecule has 0 spiro atoms. The van der Waals surface area contributed by atoms with Gasteiger partial charge in [0.1, 0.15) is 5.82 Å². The summed E-state index contributed by atoms with van der Waals surface area (Å²) in [5.41, 5.74) is 0.529. The largest absolute Gasteiger partial charge is 0.310 e. The van der Waals surface area contributed by atoms with Gasteiger partial charge in [-0.2, -0.15) is 0 Å². The first-order valence-electron chi connectivity index (χ1n) is 8.14. The monoisotopic (exact) mass is 288 g/mol. The van der Waals surface area contributed by atoms with Crippen LogP contribution in [0.4, 0.5) is 0 Å². The van der Waals surface area contributed by atoms with E-state index in [1.807, 2.05) is 18.5 Å². The highest BCUT2D eigenvalue weighted by Gasteiger charge is 2.49. The normalized spacial score (nSPS) is 31.3. The average Bonchev–Trinajstić information content (AvgIpc) is 3.26. The van der Waals surface area contributed by atoms with E-state index < -0.39 is 0 Å². The molecule has 0 bridgehead atoms. The number of hydrogen-bond acceptors (Lipinski definition) is 4. The van der Waals surface area contributed by atoms with Crippen molar-refractivity contribution in [3.05, 3.63) is 24.3 Å². The third-order valence-electron chi connectivity index (χ3n) is 5.29. The maximum atomic E-state index is 4.43. The predicted octanol–water partition coefficient (Wildman–Crippen LogP) is 2.47. The van der Waals surface area contributed by atoms with Crippen LogP contribution in [0, 0.1) is 11.3 Å². The molecular formula is C17H28N4. The number of rotatable bonds is 3. The number of nitrogens with zero attached hydrogens (tertiary/aromatic N) is 3. The van der Waals surface area contributed by atoms with Crippen LogP contribution in [0.25, 0.3) is 0 Å². The summed E-state index contributed by atoms with van der Waals surface area (Å²) in [4.78, 5) is 11.5. The molecule has 2 heterocycles. The number of aromatic nitrogens is 2. The molecule has 1 aliphatic heterocycles. The Balaban J connectivity index is 1.80. The van der Waals surface area contributed by atoms with Crippen molar-refractivity contribution < 1.29 is 0 Å². The molecule has 0 aromatic carbocycles. The van der Waals surface area contributed by atoms with Crippen molar-refractivity contribution in [1.29, 1.82) is 0 Å². The molecular weight excluding hydrogens is 260 g/mol. The van der Waals surface area contributed by atoms with Gasteiger partial charge in [-0.3, -0.25) is 4.90 Å². The third kappa shape index (κ3) is 3.11. The average molecular weight is 288 g/mol. The Labute approximate surface area is 128 Å². The second-order valence-corrected chi connectivity index (χ2v) is 7.98. The van der Waals surface area contributed by atoms with Crippen LogP contribution in [0.2, 0.25) is 0 Å². The molecule has 1 aliphatic carbocycles. The number of piperazine rings is 1. The van der Waals surface area contributed by atoms with Crippen molar-refractivity contribution in [1.82, 2.24) is 20.2 Å². The van der Waals surface area contributed by atoms with Crippen molar-refractivity contribution in [3.63, 3.8) is 0 Å². The SMILES string of the molecule is CC(C)(C)C1CN(Cc2ncccn2)C(C)(C2CC2)CN1. The number of hydrogen-bond donors (Lipinski definition) is 1. The summed E-state index contributed by atoms with van der Waals surface area (Å²) in [6, 6.07) is 2.41. The molecule has 21 heavy (non-hydrogen) atoms. The van der Waals surface area contributed by atoms with Gasteiger partial charge in [0.15, 0.2) is 0 Å². The second-order valence-electron chi connectivity index (χ2n) is 7.98. The first-order chi connectivity index (χ1) is 9.89. The van der Waals surface area contributed by atoms with E-state index in [4.69, 9.17) is 0 Å². The maximum absolute atomic E-state index is 4.43. The standard InChI is InChI=1S/C17H28N4/c1-16(2,3)14-10-21(11-15-18-8-5-9-19-15)17(4,12-20-14)13-6-7-13/h5,8-9,13-14,20H,6-7,10-12H2,1-4H3. The van der Waals surface area contributed by atoms with Crippen molar-refractivity contribution in [2.24, 2.45) is 11.3 Å². The topological polar surface area (TPSA) is 41.1 Å². The fourth-order valence-electron chi connectivity index (χ4n) is 3.45. The van der Waals surface area contributed by atoms with Crippen LogP contribution in [0.1, 0.15) is 46.4 Å². The molecule has 0 amide bonds. The van der Waals surface area contributed by atoms with E-state index in [9.17, 15) is 0 Å². The molecule has 3 rings (SSSR count). The van der Waals surface area contributed by atoms with Gasteiger partial charge in [-0.05, 0) is 37.2 Å². The summed E-state index contributed by atoms with van der Waals surface area (Å²) < 4.78 is 0. The zero-order valence-electron chi connectivity index (χ0n) is 13.8. The van der Waals surface area contributed by atoms with E-state index in [2.05, 4.69) is 47.9 Å². The van der Waals surface area contributed by atoms with Crippen LogP contribution in [0.3, 0.4) is 0 Å². The van der Waals surface area contributed by atoms with Crippen molar-refractivity contribution in [2.45, 2.75) is 58.7 Å². The molecule has 2 fully saturated rings. The Bertz CT molecular complexity index is 477. The van der Waals surface area contributed by atoms with Crippen molar-refractivity contribution >= 4 is 0 Å². The van der Waals surface area contributed by atoms with Gasteiger partial charge in [0.2, 0.25) is 0 Å². The molecule has 4 nitrogen and oxygen atoms in total. The van der Waals surface area contributed by atoms with Gasteiger partial charge in [0.05, 0.1) is 6.54 Å². The van der Waals surface area contributed by atoms with Crippen LogP contribution < -0.4 is 5.32 Å². The number of nitrogens with one attached hydrogen (secondary N) is 1. The lowest BCUT2D eigenvalue weighted by molar-refractivity contribution is 0.00242. The van der Waals surface area contributed by atoms with Crippen LogP contribution >= 0.6 is 0 Å². The van der Waals surface area contributed by atoms with Crippen molar-refractivity contribution in [2.75, 3.05) is 13.1 Å². The summed E-state index contributed by atoms with van der Waals surface area (Å²) in [6.45, 7) is 12.4. The lowest BCUT2D eigenvalue weighted by atomic mass is 9.81. The first-order valence-corrected chi connectivity index (χ1v) is 8.14. The molecule has 0 radical (unpaired) electrons. The van der Waals surface area contributed by atoms with E-state index in [0.717, 1.165) is 31.4 Å². The molecule has 2 aliphatic rings. The van der Waals surface area contributed by atoms with Gasteiger partial charge in [0, 0.05) is 37.1 Å². The van der Waals surface area contributed by atoms with Crippen LogP contribution in [0.15, 0.2) is 18.5 Å². The Hall–Kier alpha value is -1.00. The van der Waals surface area contributed by atoms with Crippen LogP contribution in [0.5, 0.6) is 0 Å². The highest BCUT2D eigenvalue weighted by Crippen LogP contribution is 2.45. The fraction of sp³-hybridized carbons (Fsp3) is 0.765. The highest BCUT2D eigenvalue weighted by molar-refractivity contribution is 5.07. The summed E-state index contributed by atoms with van der Waals surface area (Å²) in [7, 11) is 0. The van der Waals surface area contributed by atoms with Crippen molar-refractivity contribution in [3.8, 4) is 0 Å². The molecule has 1 saturated carbocycles. The molecule has 1 N–H and O–H groups in total. The first kappa shape index (κ1) is 14.9. The van der Waals surface area contributed by atoms with E-state index in [-0.39, 0.29) is 11.0 Å².